The van der Waals surface area contributed by atoms with Gasteiger partial charge in [0.1, 0.15) is 5.00 Å². The van der Waals surface area contributed by atoms with Crippen LogP contribution in [0.4, 0.5) is 5.00 Å². The van der Waals surface area contributed by atoms with Gasteiger partial charge in [-0.1, -0.05) is 18.2 Å². The average Bonchev–Trinajstić information content (AvgIpc) is 3.04. The summed E-state index contributed by atoms with van der Waals surface area (Å²) >= 11 is 1.42. The lowest BCUT2D eigenvalue weighted by Gasteiger charge is -2.12. The van der Waals surface area contributed by atoms with Crippen LogP contribution in [0, 0.1) is 0 Å². The van der Waals surface area contributed by atoms with Crippen LogP contribution in [-0.2, 0) is 27.5 Å². The largest absolute Gasteiger partial charge is 0.355 e. The molecule has 0 unspecified atom stereocenters. The predicted molar refractivity (Wildman–Crippen MR) is 106 cm³/mol. The van der Waals surface area contributed by atoms with Crippen molar-refractivity contribution in [1.29, 1.82) is 0 Å². The molecular weight excluding hydrogens is 384 g/mol. The minimum absolute atomic E-state index is 0.160. The number of amides is 2. The first-order valence-electron chi connectivity index (χ1n) is 8.86. The van der Waals surface area contributed by atoms with Gasteiger partial charge in [-0.25, -0.2) is 8.42 Å². The van der Waals surface area contributed by atoms with Crippen molar-refractivity contribution >= 4 is 38.0 Å². The van der Waals surface area contributed by atoms with Crippen molar-refractivity contribution < 1.29 is 18.0 Å². The van der Waals surface area contributed by atoms with Gasteiger partial charge in [0.15, 0.2) is 9.84 Å². The Balaban J connectivity index is 1.73. The second kappa shape index (κ2) is 8.22. The number of carbonyl (C=O) groups is 2. The molecule has 0 atom stereocenters. The summed E-state index contributed by atoms with van der Waals surface area (Å²) in [5, 5.41) is 5.91. The van der Waals surface area contributed by atoms with Crippen molar-refractivity contribution in [3.05, 3.63) is 46.3 Å². The molecule has 1 aliphatic carbocycles. The van der Waals surface area contributed by atoms with Gasteiger partial charge in [-0.2, -0.15) is 0 Å². The lowest BCUT2D eigenvalue weighted by Crippen LogP contribution is -2.23. The van der Waals surface area contributed by atoms with E-state index in [1.807, 2.05) is 0 Å². The lowest BCUT2D eigenvalue weighted by atomic mass is 9.95. The predicted octanol–water partition coefficient (Wildman–Crippen LogP) is 2.79. The van der Waals surface area contributed by atoms with E-state index in [0.29, 0.717) is 10.6 Å². The van der Waals surface area contributed by atoms with Gasteiger partial charge >= 0.3 is 0 Å². The van der Waals surface area contributed by atoms with E-state index in [1.54, 1.807) is 25.2 Å². The van der Waals surface area contributed by atoms with Crippen LogP contribution in [0.25, 0.3) is 0 Å². The van der Waals surface area contributed by atoms with E-state index in [4.69, 9.17) is 0 Å². The fourth-order valence-corrected chi connectivity index (χ4v) is 5.75. The average molecular weight is 407 g/mol. The molecule has 1 aliphatic rings. The van der Waals surface area contributed by atoms with Crippen molar-refractivity contribution in [2.75, 3.05) is 18.1 Å². The zero-order chi connectivity index (χ0) is 19.4. The number of hydrogen-bond donors (Lipinski definition) is 2. The number of rotatable bonds is 6. The van der Waals surface area contributed by atoms with Gasteiger partial charge in [-0.3, -0.25) is 9.59 Å². The molecule has 1 aromatic carbocycles. The Morgan fingerprint density at radius 3 is 2.52 bits per heavy atom. The van der Waals surface area contributed by atoms with Gasteiger partial charge in [0.2, 0.25) is 5.91 Å². The molecular formula is C19H22N2O4S2. The maximum absolute atomic E-state index is 12.4. The number of hydrogen-bond acceptors (Lipinski definition) is 5. The van der Waals surface area contributed by atoms with E-state index in [1.165, 1.54) is 23.5 Å². The Morgan fingerprint density at radius 2 is 1.81 bits per heavy atom. The van der Waals surface area contributed by atoms with Gasteiger partial charge in [-0.15, -0.1) is 11.3 Å². The van der Waals surface area contributed by atoms with Crippen molar-refractivity contribution in [2.45, 2.75) is 37.0 Å². The third-order valence-corrected chi connectivity index (χ3v) is 7.52. The number of nitrogens with one attached hydrogen (secondary N) is 2. The molecule has 0 saturated heterocycles. The van der Waals surface area contributed by atoms with Crippen molar-refractivity contribution in [2.24, 2.45) is 0 Å². The topological polar surface area (TPSA) is 92.3 Å². The van der Waals surface area contributed by atoms with Crippen LogP contribution in [0.2, 0.25) is 0 Å². The molecule has 3 rings (SSSR count). The first-order chi connectivity index (χ1) is 12.9. The highest BCUT2D eigenvalue weighted by Crippen LogP contribution is 2.38. The van der Waals surface area contributed by atoms with Crippen LogP contribution in [0.5, 0.6) is 0 Å². The Morgan fingerprint density at radius 1 is 1.11 bits per heavy atom. The Labute approximate surface area is 162 Å². The molecule has 0 radical (unpaired) electrons. The summed E-state index contributed by atoms with van der Waals surface area (Å²) in [6, 6.07) is 8.08. The van der Waals surface area contributed by atoms with Gasteiger partial charge in [0.05, 0.1) is 16.2 Å². The first kappa shape index (κ1) is 19.6. The third kappa shape index (κ3) is 4.39. The minimum atomic E-state index is -3.52. The monoisotopic (exact) mass is 406 g/mol. The zero-order valence-electron chi connectivity index (χ0n) is 15.1. The summed E-state index contributed by atoms with van der Waals surface area (Å²) in [6.07, 6.45) is 3.67. The van der Waals surface area contributed by atoms with Crippen LogP contribution in [-0.4, -0.2) is 33.0 Å². The molecule has 0 saturated carbocycles. The highest BCUT2D eigenvalue weighted by atomic mass is 32.2. The van der Waals surface area contributed by atoms with Crippen LogP contribution >= 0.6 is 11.3 Å². The van der Waals surface area contributed by atoms with E-state index >= 15 is 0 Å². The van der Waals surface area contributed by atoms with Gasteiger partial charge < -0.3 is 10.6 Å². The SMILES string of the molecule is CNC(=O)c1c(NC(=O)CCS(=O)(=O)c2ccccc2)sc2c1CCCC2. The van der Waals surface area contributed by atoms with Crippen molar-refractivity contribution in [1.82, 2.24) is 5.32 Å². The Bertz CT molecular complexity index is 950. The molecule has 144 valence electrons. The first-order valence-corrected chi connectivity index (χ1v) is 11.3. The molecule has 0 fully saturated rings. The number of benzene rings is 1. The lowest BCUT2D eigenvalue weighted by molar-refractivity contribution is -0.115. The normalized spacial score (nSPS) is 13.7. The molecule has 2 N–H and O–H groups in total. The quantitative estimate of drug-likeness (QED) is 0.772. The third-order valence-electron chi connectivity index (χ3n) is 4.58. The molecule has 0 bridgehead atoms. The number of carbonyl (C=O) groups excluding carboxylic acids is 2. The van der Waals surface area contributed by atoms with Crippen molar-refractivity contribution in [3.8, 4) is 0 Å². The molecule has 2 aromatic rings. The zero-order valence-corrected chi connectivity index (χ0v) is 16.7. The number of thiophene rings is 1. The van der Waals surface area contributed by atoms with E-state index < -0.39 is 15.7 Å². The molecule has 0 spiro atoms. The van der Waals surface area contributed by atoms with E-state index in [2.05, 4.69) is 10.6 Å². The summed E-state index contributed by atoms with van der Waals surface area (Å²) in [6.45, 7) is 0. The number of aryl methyl sites for hydroxylation is 1. The van der Waals surface area contributed by atoms with Crippen LogP contribution in [0.3, 0.4) is 0 Å². The summed E-state index contributed by atoms with van der Waals surface area (Å²) in [7, 11) is -1.95. The van der Waals surface area contributed by atoms with E-state index in [-0.39, 0.29) is 23.0 Å². The smallest absolute Gasteiger partial charge is 0.254 e. The maximum Gasteiger partial charge on any atom is 0.254 e. The minimum Gasteiger partial charge on any atom is -0.355 e. The van der Waals surface area contributed by atoms with Crippen LogP contribution in [0.1, 0.15) is 40.1 Å². The molecule has 2 amide bonds. The highest BCUT2D eigenvalue weighted by Gasteiger charge is 2.26. The molecule has 0 aliphatic heterocycles. The summed E-state index contributed by atoms with van der Waals surface area (Å²) in [4.78, 5) is 26.0. The Hall–Kier alpha value is -2.19. The summed E-state index contributed by atoms with van der Waals surface area (Å²) in [5.74, 6) is -0.900. The van der Waals surface area contributed by atoms with Crippen LogP contribution in [0.15, 0.2) is 35.2 Å². The number of sulfone groups is 1. The second-order valence-corrected chi connectivity index (χ2v) is 9.64. The number of fused-ring (bicyclic) bond motifs is 1. The molecule has 8 heteroatoms. The van der Waals surface area contributed by atoms with Crippen molar-refractivity contribution in [3.63, 3.8) is 0 Å². The maximum atomic E-state index is 12.4. The standard InChI is InChI=1S/C19H22N2O4S2/c1-20-18(23)17-14-9-5-6-10-15(14)26-19(17)21-16(22)11-12-27(24,25)13-7-3-2-4-8-13/h2-4,7-8H,5-6,9-12H2,1H3,(H,20,23)(H,21,22). The summed E-state index contributed by atoms with van der Waals surface area (Å²) < 4.78 is 24.7. The van der Waals surface area contributed by atoms with Gasteiger partial charge in [0.25, 0.3) is 5.91 Å². The highest BCUT2D eigenvalue weighted by molar-refractivity contribution is 7.91. The molecule has 1 heterocycles. The van der Waals surface area contributed by atoms with Gasteiger partial charge in [-0.05, 0) is 43.4 Å². The molecule has 27 heavy (non-hydrogen) atoms. The molecule has 6 nitrogen and oxygen atoms in total. The van der Waals surface area contributed by atoms with E-state index in [0.717, 1.165) is 36.1 Å². The van der Waals surface area contributed by atoms with Crippen LogP contribution < -0.4 is 10.6 Å². The van der Waals surface area contributed by atoms with E-state index in [9.17, 15) is 18.0 Å². The summed E-state index contributed by atoms with van der Waals surface area (Å²) in [5.41, 5.74) is 1.54. The Kier molecular flexibility index (Phi) is 5.96. The fourth-order valence-electron chi connectivity index (χ4n) is 3.18. The molecule has 1 aromatic heterocycles. The number of anilines is 1. The van der Waals surface area contributed by atoms with Gasteiger partial charge in [0, 0.05) is 18.3 Å². The fraction of sp³-hybridized carbons (Fsp3) is 0.368. The second-order valence-electron chi connectivity index (χ2n) is 6.42.